The van der Waals surface area contributed by atoms with Crippen molar-refractivity contribution in [2.45, 2.75) is 6.42 Å². The van der Waals surface area contributed by atoms with Gasteiger partial charge in [0.05, 0.1) is 0 Å². The van der Waals surface area contributed by atoms with Crippen LogP contribution in [-0.2, 0) is 6.42 Å². The number of hydrogen-bond donors (Lipinski definition) is 0. The van der Waals surface area contributed by atoms with E-state index in [0.29, 0.717) is 0 Å². The lowest BCUT2D eigenvalue weighted by atomic mass is 10.2. The van der Waals surface area contributed by atoms with Gasteiger partial charge in [0.1, 0.15) is 5.82 Å². The summed E-state index contributed by atoms with van der Waals surface area (Å²) >= 11 is 2.87. The van der Waals surface area contributed by atoms with Crippen molar-refractivity contribution < 1.29 is 7.13 Å². The van der Waals surface area contributed by atoms with E-state index in [9.17, 15) is 4.39 Å². The number of hydrogen-bond acceptors (Lipinski definition) is 0. The summed E-state index contributed by atoms with van der Waals surface area (Å²) in [5.74, 6) is -0.297. The third-order valence-electron chi connectivity index (χ3n) is 1.18. The summed E-state index contributed by atoms with van der Waals surface area (Å²) in [4.78, 5) is 0. The molecule has 0 fully saturated rings. The summed E-state index contributed by atoms with van der Waals surface area (Å²) in [5, 5.41) is -1.41. The number of aryl methyl sites for hydroxylation is 1. The Bertz CT molecular complexity index is 253. The van der Waals surface area contributed by atoms with E-state index in [1.807, 2.05) is 0 Å². The highest BCUT2D eigenvalue weighted by molar-refractivity contribution is 9.09. The summed E-state index contributed by atoms with van der Waals surface area (Å²) in [6, 6.07) is 5.81. The lowest BCUT2D eigenvalue weighted by Crippen LogP contribution is -1.84. The Morgan fingerprint density at radius 1 is 1.40 bits per heavy atom. The zero-order valence-corrected chi connectivity index (χ0v) is 6.86. The van der Waals surface area contributed by atoms with Gasteiger partial charge in [0, 0.05) is 8.02 Å². The predicted molar refractivity (Wildman–Crippen MR) is 43.9 cm³/mol. The molecule has 1 aromatic carbocycles. The quantitative estimate of drug-likeness (QED) is 0.651. The highest BCUT2D eigenvalue weighted by Crippen LogP contribution is 2.04. The van der Waals surface area contributed by atoms with E-state index in [1.54, 1.807) is 12.1 Å². The molecule has 0 N–H and O–H groups in total. The van der Waals surface area contributed by atoms with Crippen molar-refractivity contribution in [1.82, 2.24) is 0 Å². The van der Waals surface area contributed by atoms with Gasteiger partial charge in [0.25, 0.3) is 0 Å². The van der Waals surface area contributed by atoms with Crippen LogP contribution in [0, 0.1) is 5.82 Å². The number of benzene rings is 1. The van der Waals surface area contributed by atoms with Crippen molar-refractivity contribution in [3.8, 4) is 0 Å². The predicted octanol–water partition coefficient (Wildman–Crippen LogP) is 2.76. The number of halogens is 2. The fraction of sp³-hybridized carbons (Fsp3) is 0.250. The molecule has 0 radical (unpaired) electrons. The Balaban J connectivity index is 2.71. The zero-order valence-electron chi connectivity index (χ0n) is 7.27. The Hall–Kier alpha value is -0.370. The molecule has 0 aliphatic heterocycles. The van der Waals surface area contributed by atoms with Crippen LogP contribution in [0.1, 0.15) is 8.30 Å². The first-order valence-corrected chi connectivity index (χ1v) is 3.70. The molecule has 2 heteroatoms. The first-order chi connectivity index (χ1) is 5.47. The second-order valence-corrected chi connectivity index (χ2v) is 2.50. The smallest absolute Gasteiger partial charge is 0.123 e. The van der Waals surface area contributed by atoms with Gasteiger partial charge >= 0.3 is 0 Å². The molecule has 10 heavy (non-hydrogen) atoms. The van der Waals surface area contributed by atoms with Crippen molar-refractivity contribution in [2.75, 3.05) is 5.28 Å². The molecule has 1 aromatic rings. The van der Waals surface area contributed by atoms with Gasteiger partial charge in [-0.25, -0.2) is 4.39 Å². The minimum absolute atomic E-state index is 0.243. The second kappa shape index (κ2) is 3.71. The van der Waals surface area contributed by atoms with Gasteiger partial charge in [0.15, 0.2) is 0 Å². The largest absolute Gasteiger partial charge is 0.207 e. The Morgan fingerprint density at radius 3 is 2.50 bits per heavy atom. The molecule has 54 valence electrons. The van der Waals surface area contributed by atoms with Crippen LogP contribution in [0.25, 0.3) is 0 Å². The van der Waals surface area contributed by atoms with Crippen molar-refractivity contribution >= 4 is 15.9 Å². The van der Waals surface area contributed by atoms with Crippen LogP contribution in [0.4, 0.5) is 4.39 Å². The fourth-order valence-corrected chi connectivity index (χ4v) is 1.00. The van der Waals surface area contributed by atoms with Crippen molar-refractivity contribution in [3.05, 3.63) is 35.6 Å². The summed E-state index contributed by atoms with van der Waals surface area (Å²) < 4.78 is 26.8. The third-order valence-corrected chi connectivity index (χ3v) is 1.46. The molecule has 0 nitrogen and oxygen atoms in total. The molecule has 0 saturated carbocycles. The van der Waals surface area contributed by atoms with Crippen LogP contribution in [0.5, 0.6) is 0 Å². The monoisotopic (exact) mass is 204 g/mol. The minimum atomic E-state index is -1.41. The van der Waals surface area contributed by atoms with Gasteiger partial charge in [-0.3, -0.25) is 0 Å². The maximum absolute atomic E-state index is 12.4. The van der Waals surface area contributed by atoms with Crippen LogP contribution in [0.15, 0.2) is 24.3 Å². The minimum Gasteiger partial charge on any atom is -0.207 e. The summed E-state index contributed by atoms with van der Waals surface area (Å²) in [7, 11) is 0. The SMILES string of the molecule is [2H]C([2H])(Br)Cc1ccc(F)cc1. The van der Waals surface area contributed by atoms with Crippen LogP contribution in [0.3, 0.4) is 0 Å². The Labute approximate surface area is 71.0 Å². The van der Waals surface area contributed by atoms with E-state index in [-0.39, 0.29) is 12.2 Å². The molecule has 0 saturated heterocycles. The average Bonchev–Trinajstić information content (AvgIpc) is 1.91. The van der Waals surface area contributed by atoms with Gasteiger partial charge in [0.2, 0.25) is 0 Å². The van der Waals surface area contributed by atoms with E-state index in [2.05, 4.69) is 15.9 Å². The molecule has 0 aliphatic rings. The van der Waals surface area contributed by atoms with Crippen molar-refractivity contribution in [1.29, 1.82) is 0 Å². The lowest BCUT2D eigenvalue weighted by molar-refractivity contribution is 0.627. The first-order valence-electron chi connectivity index (χ1n) is 3.91. The summed E-state index contributed by atoms with van der Waals surface area (Å²) in [6.45, 7) is 0. The van der Waals surface area contributed by atoms with Gasteiger partial charge in [-0.05, 0) is 24.1 Å². The summed E-state index contributed by atoms with van der Waals surface area (Å²) in [6.07, 6.45) is 0.243. The average molecular weight is 205 g/mol. The van der Waals surface area contributed by atoms with E-state index < -0.39 is 5.28 Å². The molecule has 1 rings (SSSR count). The third kappa shape index (κ3) is 2.10. The molecule has 0 atom stereocenters. The molecule has 0 unspecified atom stereocenters. The molecule has 0 amide bonds. The normalized spacial score (nSPS) is 14.2. The second-order valence-electron chi connectivity index (χ2n) is 1.94. The van der Waals surface area contributed by atoms with Gasteiger partial charge in [-0.15, -0.1) is 0 Å². The molecular formula is C8H8BrF. The van der Waals surface area contributed by atoms with Crippen LogP contribution >= 0.6 is 15.9 Å². The zero-order chi connectivity index (χ0) is 9.19. The molecule has 0 bridgehead atoms. The number of rotatable bonds is 2. The topological polar surface area (TPSA) is 0 Å². The molecule has 0 aromatic heterocycles. The Kier molecular flexibility index (Phi) is 1.97. The summed E-state index contributed by atoms with van der Waals surface area (Å²) in [5.41, 5.74) is 0.776. The highest BCUT2D eigenvalue weighted by atomic mass is 79.9. The maximum Gasteiger partial charge on any atom is 0.123 e. The van der Waals surface area contributed by atoms with Gasteiger partial charge in [-0.2, -0.15) is 0 Å². The van der Waals surface area contributed by atoms with Crippen LogP contribution < -0.4 is 0 Å². The molecule has 0 heterocycles. The van der Waals surface area contributed by atoms with Crippen molar-refractivity contribution in [3.63, 3.8) is 0 Å². The van der Waals surface area contributed by atoms with E-state index in [0.717, 1.165) is 5.56 Å². The van der Waals surface area contributed by atoms with E-state index in [4.69, 9.17) is 2.74 Å². The fourth-order valence-electron chi connectivity index (χ4n) is 0.679. The first kappa shape index (κ1) is 5.30. The van der Waals surface area contributed by atoms with Crippen molar-refractivity contribution in [2.24, 2.45) is 0 Å². The van der Waals surface area contributed by atoms with Gasteiger partial charge < -0.3 is 0 Å². The standard InChI is InChI=1S/C8H8BrF/c9-6-5-7-1-3-8(10)4-2-7/h1-4H,5-6H2/i6D2. The maximum atomic E-state index is 12.4. The molecular weight excluding hydrogens is 195 g/mol. The van der Waals surface area contributed by atoms with Crippen LogP contribution in [-0.4, -0.2) is 5.28 Å². The Morgan fingerprint density at radius 2 is 2.00 bits per heavy atom. The number of alkyl halides is 1. The molecule has 0 aliphatic carbocycles. The molecule has 0 spiro atoms. The van der Waals surface area contributed by atoms with Crippen LogP contribution in [0.2, 0.25) is 0 Å². The lowest BCUT2D eigenvalue weighted by Gasteiger charge is -1.94. The highest BCUT2D eigenvalue weighted by Gasteiger charge is 1.90. The van der Waals surface area contributed by atoms with Gasteiger partial charge in [-0.1, -0.05) is 28.1 Å². The van der Waals surface area contributed by atoms with E-state index in [1.165, 1.54) is 12.1 Å². The van der Waals surface area contributed by atoms with E-state index >= 15 is 0 Å².